The van der Waals surface area contributed by atoms with E-state index >= 15 is 0 Å². The smallest absolute Gasteiger partial charge is 0.244 e. The van der Waals surface area contributed by atoms with Crippen LogP contribution < -0.4 is 0 Å². The van der Waals surface area contributed by atoms with Gasteiger partial charge in [0.2, 0.25) is 10.0 Å². The normalized spacial score (nSPS) is 15.8. The van der Waals surface area contributed by atoms with Crippen molar-refractivity contribution in [1.29, 1.82) is 0 Å². The third-order valence-electron chi connectivity index (χ3n) is 3.43. The van der Waals surface area contributed by atoms with Gasteiger partial charge in [0, 0.05) is 13.1 Å². The van der Waals surface area contributed by atoms with Crippen molar-refractivity contribution in [3.63, 3.8) is 0 Å². The van der Waals surface area contributed by atoms with Crippen LogP contribution in [-0.2, 0) is 16.6 Å². The summed E-state index contributed by atoms with van der Waals surface area (Å²) in [5.74, 6) is 0.483. The first-order chi connectivity index (χ1) is 9.48. The molecule has 0 aliphatic heterocycles. The molecule has 1 fully saturated rings. The van der Waals surface area contributed by atoms with E-state index in [4.69, 9.17) is 16.7 Å². The molecule has 0 heterocycles. The largest absolute Gasteiger partial charge is 0.392 e. The van der Waals surface area contributed by atoms with E-state index in [2.05, 4.69) is 0 Å². The number of benzene rings is 1. The molecule has 4 nitrogen and oxygen atoms in total. The molecule has 112 valence electrons. The topological polar surface area (TPSA) is 57.6 Å². The van der Waals surface area contributed by atoms with Crippen molar-refractivity contribution in [3.8, 4) is 0 Å². The summed E-state index contributed by atoms with van der Waals surface area (Å²) in [5.41, 5.74) is 0.552. The first kappa shape index (κ1) is 15.8. The van der Waals surface area contributed by atoms with Crippen molar-refractivity contribution in [2.45, 2.75) is 37.7 Å². The molecule has 1 saturated carbocycles. The zero-order chi connectivity index (χ0) is 14.8. The quantitative estimate of drug-likeness (QED) is 0.841. The molecule has 0 atom stereocenters. The van der Waals surface area contributed by atoms with Crippen LogP contribution in [0.5, 0.6) is 0 Å². The minimum atomic E-state index is -3.59. The summed E-state index contributed by atoms with van der Waals surface area (Å²) >= 11 is 6.05. The lowest BCUT2D eigenvalue weighted by molar-refractivity contribution is 0.281. The highest BCUT2D eigenvalue weighted by Gasteiger charge is 2.32. The molecular weight excluding hydrogens is 298 g/mol. The molecule has 1 N–H and O–H groups in total. The first-order valence-corrected chi connectivity index (χ1v) is 8.70. The second-order valence-electron chi connectivity index (χ2n) is 5.23. The fraction of sp³-hybridized carbons (Fsp3) is 0.571. The van der Waals surface area contributed by atoms with Crippen LogP contribution in [0, 0.1) is 5.92 Å². The van der Waals surface area contributed by atoms with Crippen molar-refractivity contribution >= 4 is 21.6 Å². The number of nitrogens with zero attached hydrogens (tertiary/aromatic N) is 1. The van der Waals surface area contributed by atoms with E-state index in [1.165, 1.54) is 16.4 Å². The molecule has 1 aromatic carbocycles. The first-order valence-electron chi connectivity index (χ1n) is 6.88. The van der Waals surface area contributed by atoms with Crippen LogP contribution in [0.1, 0.15) is 31.7 Å². The molecule has 1 aromatic rings. The number of hydrogen-bond acceptors (Lipinski definition) is 3. The molecule has 0 amide bonds. The number of sulfonamides is 1. The van der Waals surface area contributed by atoms with E-state index in [-0.39, 0.29) is 16.5 Å². The maximum Gasteiger partial charge on any atom is 0.244 e. The van der Waals surface area contributed by atoms with E-state index in [9.17, 15) is 8.42 Å². The average Bonchev–Trinajstić information content (AvgIpc) is 3.22. The van der Waals surface area contributed by atoms with Gasteiger partial charge < -0.3 is 5.11 Å². The lowest BCUT2D eigenvalue weighted by Crippen LogP contribution is -2.34. The van der Waals surface area contributed by atoms with Gasteiger partial charge in [-0.05, 0) is 42.9 Å². The van der Waals surface area contributed by atoms with Crippen LogP contribution in [-0.4, -0.2) is 30.9 Å². The molecule has 2 rings (SSSR count). The summed E-state index contributed by atoms with van der Waals surface area (Å²) in [7, 11) is -3.59. The Morgan fingerprint density at radius 3 is 2.65 bits per heavy atom. The molecular formula is C14H20ClNO3S. The highest BCUT2D eigenvalue weighted by molar-refractivity contribution is 7.89. The molecule has 0 bridgehead atoms. The van der Waals surface area contributed by atoms with Crippen LogP contribution in [0.15, 0.2) is 23.1 Å². The van der Waals surface area contributed by atoms with Crippen LogP contribution in [0.2, 0.25) is 5.02 Å². The van der Waals surface area contributed by atoms with E-state index in [1.807, 2.05) is 6.92 Å². The number of aliphatic hydroxyl groups is 1. The average molecular weight is 318 g/mol. The lowest BCUT2D eigenvalue weighted by atomic mass is 10.2. The van der Waals surface area contributed by atoms with Crippen LogP contribution in [0.3, 0.4) is 0 Å². The Morgan fingerprint density at radius 2 is 2.10 bits per heavy atom. The highest BCUT2D eigenvalue weighted by atomic mass is 35.5. The Labute approximate surface area is 125 Å². The van der Waals surface area contributed by atoms with Gasteiger partial charge in [-0.1, -0.05) is 24.6 Å². The van der Waals surface area contributed by atoms with Gasteiger partial charge in [0.15, 0.2) is 0 Å². The Kier molecular flexibility index (Phi) is 5.07. The molecule has 0 aromatic heterocycles. The summed E-state index contributed by atoms with van der Waals surface area (Å²) in [6, 6.07) is 4.63. The Hall–Kier alpha value is -0.620. The van der Waals surface area contributed by atoms with Gasteiger partial charge in [0.25, 0.3) is 0 Å². The standard InChI is InChI=1S/C14H20ClNO3S/c1-2-7-16(9-11-3-4-11)20(18,19)14-8-12(10-17)5-6-13(14)15/h5-6,8,11,17H,2-4,7,9-10H2,1H3. The second-order valence-corrected chi connectivity index (χ2v) is 7.54. The van der Waals surface area contributed by atoms with Gasteiger partial charge in [-0.2, -0.15) is 4.31 Å². The number of halogens is 1. The third-order valence-corrected chi connectivity index (χ3v) is 5.77. The zero-order valence-corrected chi connectivity index (χ0v) is 13.1. The number of hydrogen-bond donors (Lipinski definition) is 1. The van der Waals surface area contributed by atoms with Crippen LogP contribution in [0.25, 0.3) is 0 Å². The molecule has 0 unspecified atom stereocenters. The summed E-state index contributed by atoms with van der Waals surface area (Å²) in [6.07, 6.45) is 2.96. The maximum atomic E-state index is 12.7. The molecule has 0 saturated heterocycles. The summed E-state index contributed by atoms with van der Waals surface area (Å²) in [4.78, 5) is 0.0971. The fourth-order valence-electron chi connectivity index (χ4n) is 2.13. The Bertz CT molecular complexity index is 570. The van der Waals surface area contributed by atoms with E-state index in [0.717, 1.165) is 19.3 Å². The molecule has 1 aliphatic rings. The third kappa shape index (κ3) is 3.52. The Morgan fingerprint density at radius 1 is 1.40 bits per heavy atom. The van der Waals surface area contributed by atoms with Crippen molar-refractivity contribution in [3.05, 3.63) is 28.8 Å². The van der Waals surface area contributed by atoms with Crippen molar-refractivity contribution in [2.75, 3.05) is 13.1 Å². The number of rotatable bonds is 7. The van der Waals surface area contributed by atoms with Gasteiger partial charge in [-0.3, -0.25) is 0 Å². The van der Waals surface area contributed by atoms with Gasteiger partial charge in [-0.15, -0.1) is 0 Å². The minimum absolute atomic E-state index is 0.0971. The number of aliphatic hydroxyl groups excluding tert-OH is 1. The second kappa shape index (κ2) is 6.43. The predicted molar refractivity (Wildman–Crippen MR) is 79.1 cm³/mol. The highest BCUT2D eigenvalue weighted by Crippen LogP contribution is 2.33. The van der Waals surface area contributed by atoms with Gasteiger partial charge >= 0.3 is 0 Å². The molecule has 1 aliphatic carbocycles. The van der Waals surface area contributed by atoms with E-state index in [0.29, 0.717) is 24.6 Å². The molecule has 20 heavy (non-hydrogen) atoms. The van der Waals surface area contributed by atoms with Crippen LogP contribution in [0.4, 0.5) is 0 Å². The fourth-order valence-corrected chi connectivity index (χ4v) is 4.26. The molecule has 0 spiro atoms. The van der Waals surface area contributed by atoms with E-state index < -0.39 is 10.0 Å². The predicted octanol–water partition coefficient (Wildman–Crippen LogP) is 2.64. The SMILES string of the molecule is CCCN(CC1CC1)S(=O)(=O)c1cc(CO)ccc1Cl. The van der Waals surface area contributed by atoms with Gasteiger partial charge in [0.05, 0.1) is 11.6 Å². The van der Waals surface area contributed by atoms with E-state index in [1.54, 1.807) is 6.07 Å². The summed E-state index contributed by atoms with van der Waals surface area (Å²) in [5, 5.41) is 9.37. The summed E-state index contributed by atoms with van der Waals surface area (Å²) in [6.45, 7) is 2.83. The maximum absolute atomic E-state index is 12.7. The van der Waals surface area contributed by atoms with Gasteiger partial charge in [0.1, 0.15) is 4.90 Å². The molecule has 0 radical (unpaired) electrons. The van der Waals surface area contributed by atoms with Crippen molar-refractivity contribution < 1.29 is 13.5 Å². The zero-order valence-electron chi connectivity index (χ0n) is 11.5. The summed E-state index contributed by atoms with van der Waals surface area (Å²) < 4.78 is 27.0. The monoisotopic (exact) mass is 317 g/mol. The van der Waals surface area contributed by atoms with Crippen molar-refractivity contribution in [1.82, 2.24) is 4.31 Å². The van der Waals surface area contributed by atoms with Gasteiger partial charge in [-0.25, -0.2) is 8.42 Å². The minimum Gasteiger partial charge on any atom is -0.392 e. The molecule has 6 heteroatoms. The van der Waals surface area contributed by atoms with Crippen LogP contribution >= 0.6 is 11.6 Å². The lowest BCUT2D eigenvalue weighted by Gasteiger charge is -2.22. The van der Waals surface area contributed by atoms with Crippen molar-refractivity contribution in [2.24, 2.45) is 5.92 Å². The Balaban J connectivity index is 2.35.